The molecule has 4 rings (SSSR count). The van der Waals surface area contributed by atoms with Gasteiger partial charge in [0.05, 0.1) is 23.8 Å². The van der Waals surface area contributed by atoms with Crippen molar-refractivity contribution in [2.75, 3.05) is 0 Å². The second kappa shape index (κ2) is 8.15. The quantitative estimate of drug-likeness (QED) is 0.649. The molecular weight excluding hydrogens is 362 g/mol. The molecule has 0 amide bonds. The Balaban J connectivity index is 1.52. The molecule has 29 heavy (non-hydrogen) atoms. The fourth-order valence-electron chi connectivity index (χ4n) is 4.37. The third-order valence-corrected chi connectivity index (χ3v) is 5.74. The lowest BCUT2D eigenvalue weighted by atomic mass is 9.71. The predicted molar refractivity (Wildman–Crippen MR) is 114 cm³/mol. The molecule has 1 fully saturated rings. The lowest BCUT2D eigenvalue weighted by Gasteiger charge is -2.35. The van der Waals surface area contributed by atoms with E-state index in [0.717, 1.165) is 24.2 Å². The van der Waals surface area contributed by atoms with E-state index in [-0.39, 0.29) is 5.75 Å². The Bertz CT molecular complexity index is 991. The fourth-order valence-corrected chi connectivity index (χ4v) is 4.37. The van der Waals surface area contributed by atoms with Gasteiger partial charge in [-0.1, -0.05) is 25.8 Å². The Hall–Kier alpha value is -3.02. The van der Waals surface area contributed by atoms with E-state index in [1.54, 1.807) is 30.9 Å². The number of allylic oxidation sites excluding steroid dienone is 1. The van der Waals surface area contributed by atoms with Crippen LogP contribution < -0.4 is 0 Å². The van der Waals surface area contributed by atoms with Crippen molar-refractivity contribution in [2.45, 2.75) is 52.4 Å². The summed E-state index contributed by atoms with van der Waals surface area (Å²) >= 11 is 0. The highest BCUT2D eigenvalue weighted by Crippen LogP contribution is 2.42. The van der Waals surface area contributed by atoms with Crippen LogP contribution in [0.15, 0.2) is 48.7 Å². The summed E-state index contributed by atoms with van der Waals surface area (Å²) in [5, 5.41) is 19.0. The number of aromatic nitrogens is 5. The lowest BCUT2D eigenvalue weighted by Crippen LogP contribution is -2.21. The Morgan fingerprint density at radius 3 is 2.86 bits per heavy atom. The summed E-state index contributed by atoms with van der Waals surface area (Å²) in [4.78, 5) is 8.47. The average Bonchev–Trinajstić information content (AvgIpc) is 3.24. The highest BCUT2D eigenvalue weighted by atomic mass is 16.3. The SMILES string of the molecule is CCC[C@]1(C)CCC/C(=C/c2cnc(-c3ccc(-n4ccnc4)cc3O)nn2)C1. The summed E-state index contributed by atoms with van der Waals surface area (Å²) in [5.74, 6) is 0.535. The van der Waals surface area contributed by atoms with Gasteiger partial charge >= 0.3 is 0 Å². The molecule has 0 aliphatic heterocycles. The second-order valence-corrected chi connectivity index (χ2v) is 8.27. The average molecular weight is 390 g/mol. The van der Waals surface area contributed by atoms with E-state index in [2.05, 4.69) is 40.1 Å². The summed E-state index contributed by atoms with van der Waals surface area (Å²) in [7, 11) is 0. The second-order valence-electron chi connectivity index (χ2n) is 8.27. The number of hydrogen-bond donors (Lipinski definition) is 1. The summed E-state index contributed by atoms with van der Waals surface area (Å²) in [6.07, 6.45) is 16.4. The number of imidazole rings is 1. The van der Waals surface area contributed by atoms with Gasteiger partial charge in [-0.05, 0) is 55.7 Å². The molecule has 6 nitrogen and oxygen atoms in total. The van der Waals surface area contributed by atoms with Crippen LogP contribution in [0, 0.1) is 5.41 Å². The van der Waals surface area contributed by atoms with Gasteiger partial charge in [0.1, 0.15) is 11.4 Å². The van der Waals surface area contributed by atoms with E-state index >= 15 is 0 Å². The first-order chi connectivity index (χ1) is 14.1. The van der Waals surface area contributed by atoms with E-state index in [9.17, 15) is 5.11 Å². The summed E-state index contributed by atoms with van der Waals surface area (Å²) in [5.41, 5.74) is 4.00. The number of aromatic hydroxyl groups is 1. The third-order valence-electron chi connectivity index (χ3n) is 5.74. The van der Waals surface area contributed by atoms with Crippen LogP contribution in [0.5, 0.6) is 5.75 Å². The highest BCUT2D eigenvalue weighted by molar-refractivity contribution is 5.66. The molecular formula is C23H27N5O. The zero-order chi connectivity index (χ0) is 20.3. The van der Waals surface area contributed by atoms with E-state index in [1.807, 2.05) is 16.8 Å². The Morgan fingerprint density at radius 2 is 2.17 bits per heavy atom. The molecule has 1 aromatic carbocycles. The van der Waals surface area contributed by atoms with Crippen LogP contribution in [0.1, 0.15) is 58.1 Å². The van der Waals surface area contributed by atoms with Crippen LogP contribution in [0.3, 0.4) is 0 Å². The molecule has 1 aliphatic rings. The molecule has 0 radical (unpaired) electrons. The van der Waals surface area contributed by atoms with Gasteiger partial charge in [0.25, 0.3) is 0 Å². The van der Waals surface area contributed by atoms with Crippen molar-refractivity contribution in [3.63, 3.8) is 0 Å². The number of benzene rings is 1. The van der Waals surface area contributed by atoms with Crippen molar-refractivity contribution in [3.05, 3.63) is 54.4 Å². The summed E-state index contributed by atoms with van der Waals surface area (Å²) in [6, 6.07) is 5.37. The molecule has 1 aliphatic carbocycles. The van der Waals surface area contributed by atoms with Gasteiger partial charge in [-0.15, -0.1) is 10.2 Å². The molecule has 1 N–H and O–H groups in total. The van der Waals surface area contributed by atoms with E-state index in [1.165, 1.54) is 31.3 Å². The van der Waals surface area contributed by atoms with Crippen LogP contribution in [0.4, 0.5) is 0 Å². The van der Waals surface area contributed by atoms with Crippen molar-refractivity contribution in [2.24, 2.45) is 5.41 Å². The topological polar surface area (TPSA) is 76.7 Å². The molecule has 2 heterocycles. The van der Waals surface area contributed by atoms with Crippen LogP contribution in [-0.2, 0) is 0 Å². The van der Waals surface area contributed by atoms with Gasteiger partial charge in [0.15, 0.2) is 5.82 Å². The molecule has 3 aromatic rings. The van der Waals surface area contributed by atoms with Crippen LogP contribution in [0.25, 0.3) is 23.2 Å². The van der Waals surface area contributed by atoms with Gasteiger partial charge in [-0.25, -0.2) is 9.97 Å². The van der Waals surface area contributed by atoms with Crippen LogP contribution >= 0.6 is 0 Å². The zero-order valence-corrected chi connectivity index (χ0v) is 17.0. The lowest BCUT2D eigenvalue weighted by molar-refractivity contribution is 0.234. The predicted octanol–water partition coefficient (Wildman–Crippen LogP) is 5.19. The van der Waals surface area contributed by atoms with E-state index < -0.39 is 0 Å². The number of phenols is 1. The van der Waals surface area contributed by atoms with Crippen molar-refractivity contribution < 1.29 is 5.11 Å². The van der Waals surface area contributed by atoms with Gasteiger partial charge < -0.3 is 9.67 Å². The zero-order valence-electron chi connectivity index (χ0n) is 17.0. The largest absolute Gasteiger partial charge is 0.507 e. The maximum Gasteiger partial charge on any atom is 0.185 e. The van der Waals surface area contributed by atoms with Crippen molar-refractivity contribution in [1.29, 1.82) is 0 Å². The third kappa shape index (κ3) is 4.36. The van der Waals surface area contributed by atoms with E-state index in [0.29, 0.717) is 16.8 Å². The minimum absolute atomic E-state index is 0.117. The van der Waals surface area contributed by atoms with Gasteiger partial charge in [0, 0.05) is 18.5 Å². The van der Waals surface area contributed by atoms with Crippen molar-refractivity contribution >= 4 is 6.08 Å². The first kappa shape index (κ1) is 19.3. The molecule has 6 heteroatoms. The molecule has 0 spiro atoms. The number of phenolic OH excluding ortho intramolecular Hbond substituents is 1. The summed E-state index contributed by atoms with van der Waals surface area (Å²) < 4.78 is 1.83. The highest BCUT2D eigenvalue weighted by Gasteiger charge is 2.28. The molecule has 2 aromatic heterocycles. The molecule has 150 valence electrons. The first-order valence-electron chi connectivity index (χ1n) is 10.3. The minimum Gasteiger partial charge on any atom is -0.507 e. The smallest absolute Gasteiger partial charge is 0.185 e. The van der Waals surface area contributed by atoms with Crippen molar-refractivity contribution in [1.82, 2.24) is 24.7 Å². The van der Waals surface area contributed by atoms with E-state index in [4.69, 9.17) is 0 Å². The van der Waals surface area contributed by atoms with Crippen molar-refractivity contribution in [3.8, 4) is 22.8 Å². The van der Waals surface area contributed by atoms with Gasteiger partial charge in [-0.3, -0.25) is 0 Å². The Morgan fingerprint density at radius 1 is 1.28 bits per heavy atom. The Labute approximate surface area is 171 Å². The molecule has 1 atom stereocenters. The van der Waals surface area contributed by atoms with Crippen LogP contribution in [-0.4, -0.2) is 29.8 Å². The summed E-state index contributed by atoms with van der Waals surface area (Å²) in [6.45, 7) is 4.65. The number of nitrogens with zero attached hydrogens (tertiary/aromatic N) is 5. The van der Waals surface area contributed by atoms with Gasteiger partial charge in [-0.2, -0.15) is 0 Å². The monoisotopic (exact) mass is 389 g/mol. The Kier molecular flexibility index (Phi) is 5.43. The normalized spacial score (nSPS) is 20.8. The minimum atomic E-state index is 0.117. The van der Waals surface area contributed by atoms with Crippen LogP contribution in [0.2, 0.25) is 0 Å². The molecule has 0 saturated heterocycles. The number of hydrogen-bond acceptors (Lipinski definition) is 5. The number of rotatable bonds is 5. The molecule has 0 bridgehead atoms. The first-order valence-corrected chi connectivity index (χ1v) is 10.3. The standard InChI is InChI=1S/C23H27N5O/c1-3-8-23(2)9-4-5-17(14-23)12-18-15-25-22(27-26-18)20-7-6-19(13-21(20)29)28-11-10-24-16-28/h6-7,10-13,15-16,29H,3-5,8-9,14H2,1-2H3/b17-12-/t23-/m1/s1. The maximum atomic E-state index is 10.4. The molecule has 1 saturated carbocycles. The fraction of sp³-hybridized carbons (Fsp3) is 0.391. The molecule has 0 unspecified atom stereocenters. The van der Waals surface area contributed by atoms with Gasteiger partial charge in [0.2, 0.25) is 0 Å². The maximum absolute atomic E-state index is 10.4.